The summed E-state index contributed by atoms with van der Waals surface area (Å²) in [4.78, 5) is 27.5. The van der Waals surface area contributed by atoms with E-state index >= 15 is 0 Å². The summed E-state index contributed by atoms with van der Waals surface area (Å²) >= 11 is 1.65. The quantitative estimate of drug-likeness (QED) is 0.538. The number of aromatic nitrogens is 3. The first kappa shape index (κ1) is 19.4. The van der Waals surface area contributed by atoms with Crippen molar-refractivity contribution in [3.05, 3.63) is 57.3 Å². The Hall–Kier alpha value is -2.61. The van der Waals surface area contributed by atoms with E-state index in [2.05, 4.69) is 20.9 Å². The highest BCUT2D eigenvalue weighted by Gasteiger charge is 2.19. The van der Waals surface area contributed by atoms with Crippen LogP contribution in [0, 0.1) is 6.92 Å². The van der Waals surface area contributed by atoms with E-state index in [-0.39, 0.29) is 5.56 Å². The van der Waals surface area contributed by atoms with Crippen molar-refractivity contribution >= 4 is 32.3 Å². The highest BCUT2D eigenvalue weighted by atomic mass is 32.1. The van der Waals surface area contributed by atoms with E-state index in [0.29, 0.717) is 23.0 Å². The minimum atomic E-state index is -0.119. The van der Waals surface area contributed by atoms with E-state index in [4.69, 9.17) is 9.72 Å². The van der Waals surface area contributed by atoms with Gasteiger partial charge in [0.15, 0.2) is 5.82 Å². The number of H-pyrrole nitrogens is 1. The van der Waals surface area contributed by atoms with Crippen LogP contribution in [0.4, 0.5) is 0 Å². The minimum absolute atomic E-state index is 0.119. The monoisotopic (exact) mass is 420 g/mol. The lowest BCUT2D eigenvalue weighted by Gasteiger charge is -2.31. The van der Waals surface area contributed by atoms with Crippen molar-refractivity contribution in [3.63, 3.8) is 0 Å². The zero-order valence-corrected chi connectivity index (χ0v) is 18.0. The maximum Gasteiger partial charge on any atom is 0.259 e. The van der Waals surface area contributed by atoms with E-state index in [1.807, 2.05) is 36.7 Å². The second-order valence-electron chi connectivity index (χ2n) is 7.96. The molecular weight excluding hydrogens is 396 g/mol. The lowest BCUT2D eigenvalue weighted by molar-refractivity contribution is 0.0389. The van der Waals surface area contributed by atoms with Gasteiger partial charge < -0.3 is 9.72 Å². The molecule has 3 aromatic heterocycles. The van der Waals surface area contributed by atoms with Gasteiger partial charge in [0, 0.05) is 43.0 Å². The first-order valence-electron chi connectivity index (χ1n) is 10.2. The van der Waals surface area contributed by atoms with Crippen molar-refractivity contribution in [2.24, 2.45) is 0 Å². The van der Waals surface area contributed by atoms with Gasteiger partial charge in [-0.15, -0.1) is 11.3 Å². The van der Waals surface area contributed by atoms with Crippen molar-refractivity contribution < 1.29 is 4.74 Å². The predicted octanol–water partition coefficient (Wildman–Crippen LogP) is 4.12. The highest BCUT2D eigenvalue weighted by Crippen LogP contribution is 2.25. The van der Waals surface area contributed by atoms with Gasteiger partial charge in [0.05, 0.1) is 17.0 Å². The number of methoxy groups -OCH3 is 1. The molecule has 0 atom stereocenters. The average Bonchev–Trinajstić information content (AvgIpc) is 3.23. The summed E-state index contributed by atoms with van der Waals surface area (Å²) in [7, 11) is 1.79. The number of rotatable bonds is 4. The number of pyridine rings is 1. The molecule has 5 rings (SSSR count). The molecule has 1 saturated heterocycles. The standard InChI is InChI=1S/C23H24N4O2S/c1-14-9-15(13-27-6-3-17(29-2)4-7-27)10-18-21(14)25-22(26-23(18)28)19-11-20-16(12-24-19)5-8-30-20/h5,8-12,17H,3-4,6-7,13H2,1-2H3,(H,25,26,28). The van der Waals surface area contributed by atoms with E-state index in [9.17, 15) is 4.79 Å². The Morgan fingerprint density at radius 2 is 2.10 bits per heavy atom. The third-order valence-corrected chi connectivity index (χ3v) is 6.79. The van der Waals surface area contributed by atoms with Crippen LogP contribution in [0.1, 0.15) is 24.0 Å². The van der Waals surface area contributed by atoms with Gasteiger partial charge in [0.2, 0.25) is 0 Å². The first-order chi connectivity index (χ1) is 14.6. The van der Waals surface area contributed by atoms with E-state index in [0.717, 1.165) is 59.2 Å². The molecule has 6 nitrogen and oxygen atoms in total. The summed E-state index contributed by atoms with van der Waals surface area (Å²) < 4.78 is 6.60. The molecule has 0 spiro atoms. The number of likely N-dealkylation sites (tertiary alicyclic amines) is 1. The van der Waals surface area contributed by atoms with Crippen LogP contribution in [0.15, 0.2) is 40.6 Å². The molecule has 7 heteroatoms. The first-order valence-corrected chi connectivity index (χ1v) is 11.1. The predicted molar refractivity (Wildman–Crippen MR) is 121 cm³/mol. The molecule has 0 amide bonds. The van der Waals surface area contributed by atoms with E-state index in [1.54, 1.807) is 18.4 Å². The summed E-state index contributed by atoms with van der Waals surface area (Å²) in [5, 5.41) is 3.77. The number of thiophene rings is 1. The number of nitrogens with zero attached hydrogens (tertiary/aromatic N) is 3. The second-order valence-corrected chi connectivity index (χ2v) is 8.91. The number of nitrogens with one attached hydrogen (secondary N) is 1. The van der Waals surface area contributed by atoms with Crippen molar-refractivity contribution in [2.45, 2.75) is 32.4 Å². The molecule has 4 heterocycles. The minimum Gasteiger partial charge on any atom is -0.381 e. The molecule has 154 valence electrons. The fourth-order valence-electron chi connectivity index (χ4n) is 4.25. The van der Waals surface area contributed by atoms with Gasteiger partial charge in [-0.2, -0.15) is 0 Å². The number of aromatic amines is 1. The van der Waals surface area contributed by atoms with Crippen LogP contribution in [0.25, 0.3) is 32.5 Å². The normalized spacial score (nSPS) is 15.9. The van der Waals surface area contributed by atoms with Gasteiger partial charge in [-0.1, -0.05) is 6.07 Å². The molecule has 1 fully saturated rings. The van der Waals surface area contributed by atoms with Crippen LogP contribution in [0.3, 0.4) is 0 Å². The fourth-order valence-corrected chi connectivity index (χ4v) is 5.05. The zero-order chi connectivity index (χ0) is 20.7. The van der Waals surface area contributed by atoms with Crippen LogP contribution < -0.4 is 5.56 Å². The Balaban J connectivity index is 1.47. The number of fused-ring (bicyclic) bond motifs is 2. The highest BCUT2D eigenvalue weighted by molar-refractivity contribution is 7.17. The van der Waals surface area contributed by atoms with Gasteiger partial charge in [-0.05, 0) is 54.5 Å². The molecule has 0 unspecified atom stereocenters. The Morgan fingerprint density at radius 1 is 1.27 bits per heavy atom. The number of hydrogen-bond acceptors (Lipinski definition) is 6. The zero-order valence-electron chi connectivity index (χ0n) is 17.1. The molecular formula is C23H24N4O2S. The summed E-state index contributed by atoms with van der Waals surface area (Å²) in [6.07, 6.45) is 4.30. The van der Waals surface area contributed by atoms with Gasteiger partial charge >= 0.3 is 0 Å². The average molecular weight is 421 g/mol. The Labute approximate surface area is 178 Å². The molecule has 4 aromatic rings. The van der Waals surface area contributed by atoms with Crippen LogP contribution in [0.2, 0.25) is 0 Å². The SMILES string of the molecule is COC1CCN(Cc2cc(C)c3nc(-c4cc5sccc5cn4)[nH]c(=O)c3c2)CC1. The second kappa shape index (κ2) is 7.91. The van der Waals surface area contributed by atoms with Crippen molar-refractivity contribution in [2.75, 3.05) is 20.2 Å². The van der Waals surface area contributed by atoms with Crippen molar-refractivity contribution in [1.29, 1.82) is 0 Å². The summed E-state index contributed by atoms with van der Waals surface area (Å²) in [6, 6.07) is 8.15. The fraction of sp³-hybridized carbons (Fsp3) is 0.348. The van der Waals surface area contributed by atoms with Crippen LogP contribution in [-0.4, -0.2) is 46.2 Å². The molecule has 1 N–H and O–H groups in total. The third-order valence-electron chi connectivity index (χ3n) is 5.91. The molecule has 1 aliphatic heterocycles. The molecule has 0 radical (unpaired) electrons. The van der Waals surface area contributed by atoms with Crippen molar-refractivity contribution in [3.8, 4) is 11.5 Å². The summed E-state index contributed by atoms with van der Waals surface area (Å²) in [5.74, 6) is 0.514. The largest absolute Gasteiger partial charge is 0.381 e. The third kappa shape index (κ3) is 3.64. The summed E-state index contributed by atoms with van der Waals surface area (Å²) in [5.41, 5.74) is 3.47. The molecule has 0 bridgehead atoms. The van der Waals surface area contributed by atoms with Crippen LogP contribution >= 0.6 is 11.3 Å². The molecule has 0 saturated carbocycles. The molecule has 30 heavy (non-hydrogen) atoms. The van der Waals surface area contributed by atoms with Crippen LogP contribution in [-0.2, 0) is 11.3 Å². The summed E-state index contributed by atoms with van der Waals surface area (Å²) in [6.45, 7) is 4.89. The maximum atomic E-state index is 12.9. The molecule has 0 aliphatic carbocycles. The molecule has 1 aromatic carbocycles. The Kier molecular flexibility index (Phi) is 5.10. The van der Waals surface area contributed by atoms with Gasteiger partial charge in [0.1, 0.15) is 5.69 Å². The number of benzene rings is 1. The number of hydrogen-bond donors (Lipinski definition) is 1. The number of piperidine rings is 1. The van der Waals surface area contributed by atoms with Gasteiger partial charge in [-0.25, -0.2) is 4.98 Å². The Morgan fingerprint density at radius 3 is 2.90 bits per heavy atom. The van der Waals surface area contributed by atoms with E-state index < -0.39 is 0 Å². The lowest BCUT2D eigenvalue weighted by atomic mass is 10.0. The van der Waals surface area contributed by atoms with Crippen molar-refractivity contribution in [1.82, 2.24) is 19.9 Å². The molecule has 1 aliphatic rings. The van der Waals surface area contributed by atoms with E-state index in [1.165, 1.54) is 0 Å². The lowest BCUT2D eigenvalue weighted by Crippen LogP contribution is -2.36. The number of ether oxygens (including phenoxy) is 1. The van der Waals surface area contributed by atoms with Gasteiger partial charge in [0.25, 0.3) is 5.56 Å². The maximum absolute atomic E-state index is 12.9. The topological polar surface area (TPSA) is 71.1 Å². The number of aryl methyl sites for hydroxylation is 1. The Bertz CT molecular complexity index is 1270. The smallest absolute Gasteiger partial charge is 0.259 e. The van der Waals surface area contributed by atoms with Gasteiger partial charge in [-0.3, -0.25) is 14.7 Å². The van der Waals surface area contributed by atoms with Crippen LogP contribution in [0.5, 0.6) is 0 Å².